The molecule has 0 spiro atoms. The second-order valence-electron chi connectivity index (χ2n) is 8.37. The maximum absolute atomic E-state index is 13.6. The van der Waals surface area contributed by atoms with E-state index in [2.05, 4.69) is 6.07 Å². The summed E-state index contributed by atoms with van der Waals surface area (Å²) < 4.78 is 12.6. The SMILES string of the molecule is CCOC(=O)C1CCCN(C(=O)c2cc(-c3ccc(C)o3)nn2-c2ccc(C)cc2C)C1. The molecule has 1 saturated heterocycles. The van der Waals surface area contributed by atoms with Gasteiger partial charge in [-0.3, -0.25) is 9.59 Å². The summed E-state index contributed by atoms with van der Waals surface area (Å²) in [5.41, 5.74) is 4.05. The first-order valence-electron chi connectivity index (χ1n) is 11.1. The average Bonchev–Trinajstić information content (AvgIpc) is 3.40. The number of aromatic nitrogens is 2. The lowest BCUT2D eigenvalue weighted by Crippen LogP contribution is -2.43. The summed E-state index contributed by atoms with van der Waals surface area (Å²) in [4.78, 5) is 27.6. The van der Waals surface area contributed by atoms with Crippen LogP contribution in [0.15, 0.2) is 40.8 Å². The van der Waals surface area contributed by atoms with Crippen LogP contribution in [0.3, 0.4) is 0 Å². The van der Waals surface area contributed by atoms with Gasteiger partial charge >= 0.3 is 5.97 Å². The van der Waals surface area contributed by atoms with Crippen molar-refractivity contribution in [1.82, 2.24) is 14.7 Å². The van der Waals surface area contributed by atoms with Gasteiger partial charge in [0.25, 0.3) is 5.91 Å². The summed E-state index contributed by atoms with van der Waals surface area (Å²) in [6.07, 6.45) is 1.49. The molecule has 1 fully saturated rings. The first-order valence-corrected chi connectivity index (χ1v) is 11.1. The summed E-state index contributed by atoms with van der Waals surface area (Å²) in [6, 6.07) is 11.6. The molecule has 0 bridgehead atoms. The van der Waals surface area contributed by atoms with Crippen molar-refractivity contribution in [1.29, 1.82) is 0 Å². The minimum atomic E-state index is -0.294. The van der Waals surface area contributed by atoms with Crippen LogP contribution in [0.4, 0.5) is 0 Å². The Labute approximate surface area is 188 Å². The van der Waals surface area contributed by atoms with E-state index in [9.17, 15) is 9.59 Å². The highest BCUT2D eigenvalue weighted by atomic mass is 16.5. The second kappa shape index (κ2) is 9.02. The van der Waals surface area contributed by atoms with E-state index in [0.717, 1.165) is 35.4 Å². The fourth-order valence-corrected chi connectivity index (χ4v) is 4.23. The molecule has 0 aliphatic carbocycles. The van der Waals surface area contributed by atoms with Crippen LogP contribution >= 0.6 is 0 Å². The van der Waals surface area contributed by atoms with Crippen molar-refractivity contribution in [3.05, 3.63) is 59.0 Å². The minimum absolute atomic E-state index is 0.152. The molecule has 3 heterocycles. The summed E-state index contributed by atoms with van der Waals surface area (Å²) in [5.74, 6) is 0.711. The molecular weight excluding hydrogens is 406 g/mol. The van der Waals surface area contributed by atoms with Crippen LogP contribution in [-0.4, -0.2) is 46.3 Å². The van der Waals surface area contributed by atoms with Gasteiger partial charge in [0, 0.05) is 19.2 Å². The summed E-state index contributed by atoms with van der Waals surface area (Å²) in [7, 11) is 0. The van der Waals surface area contributed by atoms with Crippen molar-refractivity contribution in [2.45, 2.75) is 40.5 Å². The number of esters is 1. The third kappa shape index (κ3) is 4.33. The van der Waals surface area contributed by atoms with Crippen LogP contribution in [0.1, 0.15) is 47.1 Å². The quantitative estimate of drug-likeness (QED) is 0.553. The summed E-state index contributed by atoms with van der Waals surface area (Å²) >= 11 is 0. The monoisotopic (exact) mass is 435 g/mol. The van der Waals surface area contributed by atoms with E-state index >= 15 is 0 Å². The number of piperidine rings is 1. The first kappa shape index (κ1) is 21.9. The first-order chi connectivity index (χ1) is 15.4. The van der Waals surface area contributed by atoms with Crippen molar-refractivity contribution in [3.63, 3.8) is 0 Å². The fraction of sp³-hybridized carbons (Fsp3) is 0.400. The number of likely N-dealkylation sites (tertiary alicyclic amines) is 1. The smallest absolute Gasteiger partial charge is 0.310 e. The Morgan fingerprint density at radius 1 is 1.16 bits per heavy atom. The molecule has 1 aliphatic heterocycles. The third-order valence-corrected chi connectivity index (χ3v) is 5.83. The molecule has 2 aromatic heterocycles. The molecule has 1 atom stereocenters. The zero-order valence-electron chi connectivity index (χ0n) is 19.1. The van der Waals surface area contributed by atoms with Crippen molar-refractivity contribution >= 4 is 11.9 Å². The Morgan fingerprint density at radius 2 is 1.97 bits per heavy atom. The number of aryl methyl sites for hydroxylation is 3. The number of nitrogens with zero attached hydrogens (tertiary/aromatic N) is 3. The lowest BCUT2D eigenvalue weighted by molar-refractivity contribution is -0.149. The van der Waals surface area contributed by atoms with Gasteiger partial charge in [-0.05, 0) is 64.3 Å². The number of amides is 1. The van der Waals surface area contributed by atoms with E-state index in [1.54, 1.807) is 22.6 Å². The van der Waals surface area contributed by atoms with Crippen molar-refractivity contribution < 1.29 is 18.7 Å². The molecule has 7 heteroatoms. The number of furan rings is 1. The largest absolute Gasteiger partial charge is 0.466 e. The van der Waals surface area contributed by atoms with E-state index in [0.29, 0.717) is 36.8 Å². The molecule has 7 nitrogen and oxygen atoms in total. The van der Waals surface area contributed by atoms with Crippen LogP contribution < -0.4 is 0 Å². The van der Waals surface area contributed by atoms with Gasteiger partial charge in [0.1, 0.15) is 17.1 Å². The Bertz CT molecular complexity index is 1140. The lowest BCUT2D eigenvalue weighted by atomic mass is 9.98. The topological polar surface area (TPSA) is 77.6 Å². The Hall–Kier alpha value is -3.35. The molecule has 1 aromatic carbocycles. The highest BCUT2D eigenvalue weighted by Crippen LogP contribution is 2.27. The number of hydrogen-bond donors (Lipinski definition) is 0. The molecule has 1 unspecified atom stereocenters. The van der Waals surface area contributed by atoms with Crippen LogP contribution in [-0.2, 0) is 9.53 Å². The van der Waals surface area contributed by atoms with Crippen molar-refractivity contribution in [3.8, 4) is 17.1 Å². The normalized spacial score (nSPS) is 16.2. The minimum Gasteiger partial charge on any atom is -0.466 e. The zero-order chi connectivity index (χ0) is 22.8. The van der Waals surface area contributed by atoms with E-state index < -0.39 is 0 Å². The van der Waals surface area contributed by atoms with Gasteiger partial charge in [0.2, 0.25) is 0 Å². The summed E-state index contributed by atoms with van der Waals surface area (Å²) in [5, 5.41) is 4.74. The zero-order valence-corrected chi connectivity index (χ0v) is 19.1. The maximum atomic E-state index is 13.6. The molecule has 1 amide bonds. The van der Waals surface area contributed by atoms with Gasteiger partial charge in [-0.2, -0.15) is 5.10 Å². The van der Waals surface area contributed by atoms with Gasteiger partial charge in [-0.1, -0.05) is 17.7 Å². The molecule has 0 radical (unpaired) electrons. The highest BCUT2D eigenvalue weighted by molar-refractivity contribution is 5.94. The predicted octanol–water partition coefficient (Wildman–Crippen LogP) is 4.47. The Balaban J connectivity index is 1.72. The highest BCUT2D eigenvalue weighted by Gasteiger charge is 2.32. The Morgan fingerprint density at radius 3 is 2.66 bits per heavy atom. The molecule has 0 saturated carbocycles. The molecule has 0 N–H and O–H groups in total. The predicted molar refractivity (Wildman–Crippen MR) is 121 cm³/mol. The lowest BCUT2D eigenvalue weighted by Gasteiger charge is -2.31. The maximum Gasteiger partial charge on any atom is 0.310 e. The molecule has 4 rings (SSSR count). The van der Waals surface area contributed by atoms with Crippen molar-refractivity contribution in [2.75, 3.05) is 19.7 Å². The van der Waals surface area contributed by atoms with E-state index in [-0.39, 0.29) is 17.8 Å². The molecule has 1 aliphatic rings. The molecular formula is C25H29N3O4. The van der Waals surface area contributed by atoms with Crippen LogP contribution in [0, 0.1) is 26.7 Å². The van der Waals surface area contributed by atoms with E-state index in [4.69, 9.17) is 14.3 Å². The van der Waals surface area contributed by atoms with E-state index in [1.165, 1.54) is 0 Å². The number of rotatable bonds is 5. The number of ether oxygens (including phenoxy) is 1. The average molecular weight is 436 g/mol. The van der Waals surface area contributed by atoms with Gasteiger partial charge in [-0.15, -0.1) is 0 Å². The standard InChI is InChI=1S/C25H29N3O4/c1-5-31-25(30)19-7-6-12-27(15-19)24(29)22-14-20(23-11-9-18(4)32-23)26-28(22)21-10-8-16(2)13-17(21)3/h8-11,13-14,19H,5-7,12,15H2,1-4H3. The van der Waals surface area contributed by atoms with Gasteiger partial charge in [-0.25, -0.2) is 4.68 Å². The number of carbonyl (C=O) groups excluding carboxylic acids is 2. The van der Waals surface area contributed by atoms with Crippen LogP contribution in [0.25, 0.3) is 17.1 Å². The van der Waals surface area contributed by atoms with Crippen molar-refractivity contribution in [2.24, 2.45) is 5.92 Å². The second-order valence-corrected chi connectivity index (χ2v) is 8.37. The number of carbonyl (C=O) groups is 2. The van der Waals surface area contributed by atoms with Crippen LogP contribution in [0.2, 0.25) is 0 Å². The molecule has 32 heavy (non-hydrogen) atoms. The van der Waals surface area contributed by atoms with Gasteiger partial charge < -0.3 is 14.1 Å². The number of hydrogen-bond acceptors (Lipinski definition) is 5. The number of benzene rings is 1. The molecule has 3 aromatic rings. The Kier molecular flexibility index (Phi) is 6.17. The molecule has 168 valence electrons. The van der Waals surface area contributed by atoms with Gasteiger partial charge in [0.15, 0.2) is 5.76 Å². The summed E-state index contributed by atoms with van der Waals surface area (Å²) in [6.45, 7) is 9.00. The van der Waals surface area contributed by atoms with Gasteiger partial charge in [0.05, 0.1) is 18.2 Å². The van der Waals surface area contributed by atoms with E-state index in [1.807, 2.05) is 45.0 Å². The fourth-order valence-electron chi connectivity index (χ4n) is 4.23. The third-order valence-electron chi connectivity index (χ3n) is 5.83. The van der Waals surface area contributed by atoms with Crippen LogP contribution in [0.5, 0.6) is 0 Å².